The van der Waals surface area contributed by atoms with E-state index in [1.54, 1.807) is 0 Å². The first kappa shape index (κ1) is 13.2. The van der Waals surface area contributed by atoms with Gasteiger partial charge in [0.15, 0.2) is 11.6 Å². The van der Waals surface area contributed by atoms with E-state index in [4.69, 9.17) is 0 Å². The fourth-order valence-electron chi connectivity index (χ4n) is 1.21. The molecule has 0 aliphatic carbocycles. The third-order valence-electron chi connectivity index (χ3n) is 2.08. The van der Waals surface area contributed by atoms with E-state index in [1.807, 2.05) is 4.72 Å². The Labute approximate surface area is 106 Å². The SMILES string of the molecule is COc1n[nH]c(NS(=O)(=O)c2ccc(F)c(F)c2)n1. The van der Waals surface area contributed by atoms with Crippen LogP contribution in [0, 0.1) is 11.6 Å². The lowest BCUT2D eigenvalue weighted by Crippen LogP contribution is -2.14. The quantitative estimate of drug-likeness (QED) is 0.871. The second-order valence-electron chi connectivity index (χ2n) is 3.35. The summed E-state index contributed by atoms with van der Waals surface area (Å²) in [5.74, 6) is -2.61. The van der Waals surface area contributed by atoms with E-state index < -0.39 is 26.6 Å². The molecule has 10 heteroatoms. The number of sulfonamides is 1. The van der Waals surface area contributed by atoms with Crippen molar-refractivity contribution in [2.45, 2.75) is 4.90 Å². The van der Waals surface area contributed by atoms with Gasteiger partial charge in [-0.25, -0.2) is 27.0 Å². The summed E-state index contributed by atoms with van der Waals surface area (Å²) in [6.45, 7) is 0. The lowest BCUT2D eigenvalue weighted by Gasteiger charge is -2.04. The number of benzene rings is 1. The Bertz CT molecular complexity index is 701. The Hall–Kier alpha value is -2.23. The minimum absolute atomic E-state index is 0.0667. The summed E-state index contributed by atoms with van der Waals surface area (Å²) in [6, 6.07) is 2.13. The van der Waals surface area contributed by atoms with Crippen molar-refractivity contribution in [3.63, 3.8) is 0 Å². The molecule has 0 atom stereocenters. The topological polar surface area (TPSA) is 97.0 Å². The highest BCUT2D eigenvalue weighted by atomic mass is 32.2. The molecule has 0 saturated carbocycles. The standard InChI is InChI=1S/C9H8F2N4O3S/c1-18-9-12-8(13-14-9)15-19(16,17)5-2-3-6(10)7(11)4-5/h2-4H,1H3,(H2,12,13,14,15). The number of ether oxygens (including phenoxy) is 1. The van der Waals surface area contributed by atoms with Gasteiger partial charge in [-0.1, -0.05) is 0 Å². The largest absolute Gasteiger partial charge is 0.466 e. The molecule has 7 nitrogen and oxygen atoms in total. The van der Waals surface area contributed by atoms with Crippen LogP contribution in [0.3, 0.4) is 0 Å². The zero-order valence-electron chi connectivity index (χ0n) is 9.52. The lowest BCUT2D eigenvalue weighted by molar-refractivity contribution is 0.382. The summed E-state index contributed by atoms with van der Waals surface area (Å²) in [7, 11) is -2.79. The van der Waals surface area contributed by atoms with Crippen LogP contribution in [0.4, 0.5) is 14.7 Å². The van der Waals surface area contributed by atoms with Crippen molar-refractivity contribution < 1.29 is 21.9 Å². The number of H-pyrrole nitrogens is 1. The van der Waals surface area contributed by atoms with Crippen LogP contribution in [0.2, 0.25) is 0 Å². The number of anilines is 1. The molecule has 0 aliphatic heterocycles. The predicted octanol–water partition coefficient (Wildman–Crippen LogP) is 0.892. The van der Waals surface area contributed by atoms with Crippen LogP contribution in [-0.2, 0) is 10.0 Å². The summed E-state index contributed by atoms with van der Waals surface area (Å²) in [4.78, 5) is 3.19. The first-order valence-corrected chi connectivity index (χ1v) is 6.35. The maximum Gasteiger partial charge on any atom is 0.336 e. The number of aromatic amines is 1. The van der Waals surface area contributed by atoms with Crippen molar-refractivity contribution in [1.29, 1.82) is 0 Å². The molecule has 0 saturated heterocycles. The number of halogens is 2. The van der Waals surface area contributed by atoms with Gasteiger partial charge >= 0.3 is 6.01 Å². The zero-order valence-corrected chi connectivity index (χ0v) is 10.3. The summed E-state index contributed by atoms with van der Waals surface area (Å²) in [6.07, 6.45) is 0. The fourth-order valence-corrected chi connectivity index (χ4v) is 2.18. The summed E-state index contributed by atoms with van der Waals surface area (Å²) < 4.78 is 56.0. The number of aromatic nitrogens is 3. The van der Waals surface area contributed by atoms with E-state index in [0.29, 0.717) is 12.1 Å². The fraction of sp³-hybridized carbons (Fsp3) is 0.111. The van der Waals surface area contributed by atoms with E-state index in [1.165, 1.54) is 7.11 Å². The zero-order chi connectivity index (χ0) is 14.0. The molecule has 102 valence electrons. The Morgan fingerprint density at radius 2 is 2.05 bits per heavy atom. The number of methoxy groups -OCH3 is 1. The van der Waals surface area contributed by atoms with Crippen molar-refractivity contribution in [2.75, 3.05) is 11.8 Å². The van der Waals surface area contributed by atoms with Gasteiger partial charge in [-0.15, -0.1) is 5.10 Å². The van der Waals surface area contributed by atoms with Crippen LogP contribution in [0.15, 0.2) is 23.1 Å². The van der Waals surface area contributed by atoms with Gasteiger partial charge in [-0.3, -0.25) is 0 Å². The molecule has 1 aromatic heterocycles. The molecule has 0 fully saturated rings. The molecular formula is C9H8F2N4O3S. The molecule has 0 unspecified atom stereocenters. The molecule has 0 bridgehead atoms. The second kappa shape index (κ2) is 4.80. The number of hydrogen-bond donors (Lipinski definition) is 2. The highest BCUT2D eigenvalue weighted by Crippen LogP contribution is 2.16. The highest BCUT2D eigenvalue weighted by Gasteiger charge is 2.18. The third-order valence-corrected chi connectivity index (χ3v) is 3.42. The van der Waals surface area contributed by atoms with Gasteiger partial charge in [0.25, 0.3) is 10.0 Å². The molecule has 0 spiro atoms. The molecule has 2 aromatic rings. The minimum atomic E-state index is -4.09. The number of hydrogen-bond acceptors (Lipinski definition) is 5. The van der Waals surface area contributed by atoms with Gasteiger partial charge < -0.3 is 4.74 Å². The Morgan fingerprint density at radius 3 is 2.63 bits per heavy atom. The average Bonchev–Trinajstić information content (AvgIpc) is 2.79. The Balaban J connectivity index is 2.29. The van der Waals surface area contributed by atoms with Crippen molar-refractivity contribution in [2.24, 2.45) is 0 Å². The van der Waals surface area contributed by atoms with Crippen LogP contribution in [0.25, 0.3) is 0 Å². The number of nitrogens with zero attached hydrogens (tertiary/aromatic N) is 2. The maximum absolute atomic E-state index is 13.0. The third kappa shape index (κ3) is 2.78. The molecule has 0 amide bonds. The first-order chi connectivity index (χ1) is 8.92. The van der Waals surface area contributed by atoms with Crippen LogP contribution in [0.1, 0.15) is 0 Å². The first-order valence-electron chi connectivity index (χ1n) is 4.86. The molecular weight excluding hydrogens is 282 g/mol. The highest BCUT2D eigenvalue weighted by molar-refractivity contribution is 7.92. The molecule has 2 N–H and O–H groups in total. The summed E-state index contributed by atoms with van der Waals surface area (Å²) in [5, 5.41) is 5.79. The minimum Gasteiger partial charge on any atom is -0.466 e. The monoisotopic (exact) mass is 290 g/mol. The summed E-state index contributed by atoms with van der Waals surface area (Å²) in [5.41, 5.74) is 0. The van der Waals surface area contributed by atoms with Gasteiger partial charge in [-0.05, 0) is 18.2 Å². The van der Waals surface area contributed by atoms with Crippen LogP contribution in [-0.4, -0.2) is 30.7 Å². The number of nitrogens with one attached hydrogen (secondary N) is 2. The Morgan fingerprint density at radius 1 is 1.32 bits per heavy atom. The van der Waals surface area contributed by atoms with Gasteiger partial charge in [0.05, 0.1) is 12.0 Å². The molecule has 1 heterocycles. The van der Waals surface area contributed by atoms with E-state index in [0.717, 1.165) is 6.07 Å². The van der Waals surface area contributed by atoms with E-state index in [-0.39, 0.29) is 12.0 Å². The van der Waals surface area contributed by atoms with Crippen LogP contribution in [0.5, 0.6) is 6.01 Å². The van der Waals surface area contributed by atoms with Gasteiger partial charge in [0.2, 0.25) is 5.95 Å². The average molecular weight is 290 g/mol. The van der Waals surface area contributed by atoms with Gasteiger partial charge in [-0.2, -0.15) is 4.98 Å². The van der Waals surface area contributed by atoms with Crippen molar-refractivity contribution in [3.05, 3.63) is 29.8 Å². The van der Waals surface area contributed by atoms with Crippen molar-refractivity contribution >= 4 is 16.0 Å². The van der Waals surface area contributed by atoms with Crippen molar-refractivity contribution in [1.82, 2.24) is 15.2 Å². The molecule has 0 radical (unpaired) electrons. The summed E-state index contributed by atoms with van der Waals surface area (Å²) >= 11 is 0. The van der Waals surface area contributed by atoms with Gasteiger partial charge in [0.1, 0.15) is 0 Å². The molecule has 2 rings (SSSR count). The van der Waals surface area contributed by atoms with E-state index >= 15 is 0 Å². The van der Waals surface area contributed by atoms with Gasteiger partial charge in [0, 0.05) is 0 Å². The molecule has 1 aromatic carbocycles. The Kier molecular flexibility index (Phi) is 3.34. The molecule has 19 heavy (non-hydrogen) atoms. The number of rotatable bonds is 4. The van der Waals surface area contributed by atoms with E-state index in [9.17, 15) is 17.2 Å². The predicted molar refractivity (Wildman–Crippen MR) is 60.1 cm³/mol. The van der Waals surface area contributed by atoms with E-state index in [2.05, 4.69) is 19.9 Å². The lowest BCUT2D eigenvalue weighted by atomic mass is 10.3. The normalized spacial score (nSPS) is 11.3. The van der Waals surface area contributed by atoms with Crippen molar-refractivity contribution in [3.8, 4) is 6.01 Å². The molecule has 0 aliphatic rings. The maximum atomic E-state index is 13.0. The van der Waals surface area contributed by atoms with Crippen LogP contribution < -0.4 is 9.46 Å². The van der Waals surface area contributed by atoms with Crippen LogP contribution >= 0.6 is 0 Å². The smallest absolute Gasteiger partial charge is 0.336 e. The second-order valence-corrected chi connectivity index (χ2v) is 5.03.